The summed E-state index contributed by atoms with van der Waals surface area (Å²) in [5, 5.41) is 12.8. The molecule has 0 spiro atoms. The SMILES string of the molecule is CCNCC(Cc1ccc(O)cc1)c1ccc(C)cc1. The Hall–Kier alpha value is -1.80. The molecule has 20 heavy (non-hydrogen) atoms. The van der Waals surface area contributed by atoms with Gasteiger partial charge >= 0.3 is 0 Å². The molecular weight excluding hydrogens is 246 g/mol. The number of likely N-dealkylation sites (N-methyl/N-ethyl adjacent to an activating group) is 1. The predicted octanol–water partition coefficient (Wildman–Crippen LogP) is 3.64. The fourth-order valence-electron chi connectivity index (χ4n) is 2.38. The smallest absolute Gasteiger partial charge is 0.115 e. The van der Waals surface area contributed by atoms with Crippen molar-refractivity contribution in [2.45, 2.75) is 26.2 Å². The van der Waals surface area contributed by atoms with Crippen molar-refractivity contribution >= 4 is 0 Å². The molecule has 0 heterocycles. The second kappa shape index (κ2) is 7.11. The first-order chi connectivity index (χ1) is 9.69. The minimum atomic E-state index is 0.326. The van der Waals surface area contributed by atoms with Crippen molar-refractivity contribution in [1.29, 1.82) is 0 Å². The quantitative estimate of drug-likeness (QED) is 0.839. The molecule has 106 valence electrons. The van der Waals surface area contributed by atoms with Crippen molar-refractivity contribution in [2.75, 3.05) is 13.1 Å². The lowest BCUT2D eigenvalue weighted by Crippen LogP contribution is -2.22. The van der Waals surface area contributed by atoms with Gasteiger partial charge in [-0.05, 0) is 43.1 Å². The molecule has 0 aliphatic rings. The Morgan fingerprint density at radius 3 is 2.25 bits per heavy atom. The zero-order valence-electron chi connectivity index (χ0n) is 12.3. The minimum Gasteiger partial charge on any atom is -0.508 e. The number of hydrogen-bond acceptors (Lipinski definition) is 2. The van der Waals surface area contributed by atoms with Gasteiger partial charge in [0.05, 0.1) is 0 Å². The van der Waals surface area contributed by atoms with Gasteiger partial charge in [0.1, 0.15) is 5.75 Å². The van der Waals surface area contributed by atoms with Crippen LogP contribution in [0, 0.1) is 6.92 Å². The summed E-state index contributed by atoms with van der Waals surface area (Å²) in [5.41, 5.74) is 3.91. The first-order valence-electron chi connectivity index (χ1n) is 7.24. The summed E-state index contributed by atoms with van der Waals surface area (Å²) in [6, 6.07) is 16.3. The molecule has 0 aliphatic carbocycles. The van der Waals surface area contributed by atoms with Crippen LogP contribution in [0.2, 0.25) is 0 Å². The maximum absolute atomic E-state index is 9.37. The van der Waals surface area contributed by atoms with Gasteiger partial charge < -0.3 is 10.4 Å². The molecule has 2 heteroatoms. The monoisotopic (exact) mass is 269 g/mol. The molecule has 1 unspecified atom stereocenters. The van der Waals surface area contributed by atoms with Gasteiger partial charge in [-0.1, -0.05) is 48.9 Å². The van der Waals surface area contributed by atoms with Gasteiger partial charge in [-0.3, -0.25) is 0 Å². The van der Waals surface area contributed by atoms with E-state index in [1.54, 1.807) is 12.1 Å². The van der Waals surface area contributed by atoms with Crippen LogP contribution in [-0.4, -0.2) is 18.2 Å². The highest BCUT2D eigenvalue weighted by Gasteiger charge is 2.12. The molecule has 0 aromatic heterocycles. The van der Waals surface area contributed by atoms with Crippen molar-refractivity contribution in [3.63, 3.8) is 0 Å². The molecule has 2 rings (SSSR count). The Morgan fingerprint density at radius 1 is 1.00 bits per heavy atom. The molecule has 2 N–H and O–H groups in total. The third kappa shape index (κ3) is 4.10. The van der Waals surface area contributed by atoms with Gasteiger partial charge in [-0.15, -0.1) is 0 Å². The molecule has 0 saturated carbocycles. The second-order valence-electron chi connectivity index (χ2n) is 5.29. The summed E-state index contributed by atoms with van der Waals surface area (Å²) in [5.74, 6) is 0.785. The van der Waals surface area contributed by atoms with E-state index in [1.807, 2.05) is 12.1 Å². The maximum atomic E-state index is 9.37. The summed E-state index contributed by atoms with van der Waals surface area (Å²) in [6.45, 7) is 6.20. The Balaban J connectivity index is 2.14. The van der Waals surface area contributed by atoms with Crippen LogP contribution < -0.4 is 5.32 Å². The number of phenolic OH excluding ortho intramolecular Hbond substituents is 1. The summed E-state index contributed by atoms with van der Waals surface area (Å²) in [7, 11) is 0. The van der Waals surface area contributed by atoms with Gasteiger partial charge in [0.2, 0.25) is 0 Å². The van der Waals surface area contributed by atoms with Crippen LogP contribution in [0.1, 0.15) is 29.5 Å². The lowest BCUT2D eigenvalue weighted by molar-refractivity contribution is 0.475. The zero-order chi connectivity index (χ0) is 14.4. The van der Waals surface area contributed by atoms with Gasteiger partial charge in [0.15, 0.2) is 0 Å². The average molecular weight is 269 g/mol. The Bertz CT molecular complexity index is 516. The lowest BCUT2D eigenvalue weighted by atomic mass is 9.91. The molecule has 2 nitrogen and oxygen atoms in total. The molecule has 0 bridgehead atoms. The second-order valence-corrected chi connectivity index (χ2v) is 5.29. The predicted molar refractivity (Wildman–Crippen MR) is 84.3 cm³/mol. The highest BCUT2D eigenvalue weighted by Crippen LogP contribution is 2.22. The number of nitrogens with one attached hydrogen (secondary N) is 1. The Morgan fingerprint density at radius 2 is 1.65 bits per heavy atom. The van der Waals surface area contributed by atoms with Crippen LogP contribution in [0.15, 0.2) is 48.5 Å². The molecule has 0 radical (unpaired) electrons. The number of benzene rings is 2. The van der Waals surface area contributed by atoms with E-state index in [-0.39, 0.29) is 0 Å². The van der Waals surface area contributed by atoms with E-state index in [0.717, 1.165) is 19.5 Å². The normalized spacial score (nSPS) is 12.3. The summed E-state index contributed by atoms with van der Waals surface area (Å²) >= 11 is 0. The van der Waals surface area contributed by atoms with E-state index in [9.17, 15) is 5.11 Å². The molecule has 2 aromatic carbocycles. The number of rotatable bonds is 6. The molecular formula is C18H23NO. The molecule has 1 atom stereocenters. The average Bonchev–Trinajstić information content (AvgIpc) is 2.46. The minimum absolute atomic E-state index is 0.326. The van der Waals surface area contributed by atoms with Gasteiger partial charge in [-0.25, -0.2) is 0 Å². The number of hydrogen-bond donors (Lipinski definition) is 2. The van der Waals surface area contributed by atoms with Crippen molar-refractivity contribution in [3.8, 4) is 5.75 Å². The first-order valence-corrected chi connectivity index (χ1v) is 7.24. The summed E-state index contributed by atoms with van der Waals surface area (Å²) in [4.78, 5) is 0. The van der Waals surface area contributed by atoms with Crippen molar-refractivity contribution in [2.24, 2.45) is 0 Å². The van der Waals surface area contributed by atoms with E-state index < -0.39 is 0 Å². The highest BCUT2D eigenvalue weighted by atomic mass is 16.3. The largest absolute Gasteiger partial charge is 0.508 e. The van der Waals surface area contributed by atoms with Gasteiger partial charge in [0.25, 0.3) is 0 Å². The third-order valence-electron chi connectivity index (χ3n) is 3.61. The third-order valence-corrected chi connectivity index (χ3v) is 3.61. The van der Waals surface area contributed by atoms with Gasteiger partial charge in [0, 0.05) is 12.5 Å². The highest BCUT2D eigenvalue weighted by molar-refractivity contribution is 5.30. The van der Waals surface area contributed by atoms with E-state index in [4.69, 9.17) is 0 Å². The molecule has 2 aromatic rings. The number of aromatic hydroxyl groups is 1. The molecule has 0 aliphatic heterocycles. The van der Waals surface area contributed by atoms with Crippen molar-refractivity contribution in [3.05, 3.63) is 65.2 Å². The van der Waals surface area contributed by atoms with E-state index >= 15 is 0 Å². The first kappa shape index (κ1) is 14.6. The van der Waals surface area contributed by atoms with Crippen LogP contribution in [0.4, 0.5) is 0 Å². The molecule has 0 saturated heterocycles. The van der Waals surface area contributed by atoms with Crippen LogP contribution in [0.3, 0.4) is 0 Å². The van der Waals surface area contributed by atoms with Crippen LogP contribution in [0.25, 0.3) is 0 Å². The summed E-state index contributed by atoms with van der Waals surface area (Å²) in [6.07, 6.45) is 0.982. The Labute approximate surface area is 121 Å². The fourth-order valence-corrected chi connectivity index (χ4v) is 2.38. The molecule has 0 amide bonds. The number of phenols is 1. The lowest BCUT2D eigenvalue weighted by Gasteiger charge is -2.18. The van der Waals surface area contributed by atoms with Crippen LogP contribution in [0.5, 0.6) is 5.75 Å². The number of aryl methyl sites for hydroxylation is 1. The van der Waals surface area contributed by atoms with Crippen molar-refractivity contribution in [1.82, 2.24) is 5.32 Å². The Kier molecular flexibility index (Phi) is 5.19. The summed E-state index contributed by atoms with van der Waals surface area (Å²) < 4.78 is 0. The topological polar surface area (TPSA) is 32.3 Å². The fraction of sp³-hybridized carbons (Fsp3) is 0.333. The van der Waals surface area contributed by atoms with E-state index in [2.05, 4.69) is 43.4 Å². The van der Waals surface area contributed by atoms with E-state index in [1.165, 1.54) is 16.7 Å². The van der Waals surface area contributed by atoms with Crippen molar-refractivity contribution < 1.29 is 5.11 Å². The standard InChI is InChI=1S/C18H23NO/c1-3-19-13-17(16-8-4-14(2)5-9-16)12-15-6-10-18(20)11-7-15/h4-11,17,19-20H,3,12-13H2,1-2H3. The van der Waals surface area contributed by atoms with Crippen LogP contribution >= 0.6 is 0 Å². The van der Waals surface area contributed by atoms with Gasteiger partial charge in [-0.2, -0.15) is 0 Å². The van der Waals surface area contributed by atoms with E-state index in [0.29, 0.717) is 11.7 Å². The van der Waals surface area contributed by atoms with Crippen LogP contribution in [-0.2, 0) is 6.42 Å². The maximum Gasteiger partial charge on any atom is 0.115 e. The molecule has 0 fully saturated rings. The zero-order valence-corrected chi connectivity index (χ0v) is 12.3.